The number of hydrogen-bond donors (Lipinski definition) is 2. The largest absolute Gasteiger partial charge is 0.481 e. The molecule has 0 bridgehead atoms. The smallest absolute Gasteiger partial charge is 0.313 e. The Hall–Kier alpha value is -2.87. The van der Waals surface area contributed by atoms with E-state index in [-0.39, 0.29) is 17.3 Å². The van der Waals surface area contributed by atoms with Crippen molar-refractivity contribution in [2.24, 2.45) is 7.05 Å². The van der Waals surface area contributed by atoms with E-state index in [9.17, 15) is 14.0 Å². The van der Waals surface area contributed by atoms with E-state index in [4.69, 9.17) is 5.11 Å². The van der Waals surface area contributed by atoms with E-state index < -0.39 is 11.9 Å². The maximum atomic E-state index is 13.3. The molecule has 3 aromatic heterocycles. The second-order valence-corrected chi connectivity index (χ2v) is 11.1. The fraction of sp³-hybridized carbons (Fsp3) is 0.0952. The zero-order chi connectivity index (χ0) is 24.1. The monoisotopic (exact) mass is 533 g/mol. The van der Waals surface area contributed by atoms with Crippen LogP contribution in [0.3, 0.4) is 0 Å². The number of anilines is 1. The number of halogens is 1. The Balaban J connectivity index is 1.59. The summed E-state index contributed by atoms with van der Waals surface area (Å²) in [4.78, 5) is 29.9. The van der Waals surface area contributed by atoms with Crippen LogP contribution in [0.2, 0.25) is 0 Å². The first kappa shape index (κ1) is 24.3. The van der Waals surface area contributed by atoms with Crippen molar-refractivity contribution >= 4 is 63.5 Å². The minimum atomic E-state index is -0.909. The fourth-order valence-electron chi connectivity index (χ4n) is 2.59. The molecular formula is C21H16FN5O3S4. The summed E-state index contributed by atoms with van der Waals surface area (Å²) >= 11 is 5.04. The van der Waals surface area contributed by atoms with Crippen molar-refractivity contribution in [3.8, 4) is 0 Å². The van der Waals surface area contributed by atoms with Crippen LogP contribution in [0.15, 0.2) is 79.0 Å². The molecule has 0 radical (unpaired) electrons. The Morgan fingerprint density at radius 1 is 1.12 bits per heavy atom. The summed E-state index contributed by atoms with van der Waals surface area (Å²) in [6, 6.07) is 13.0. The quantitative estimate of drug-likeness (QED) is 0.283. The van der Waals surface area contributed by atoms with Crippen molar-refractivity contribution in [2.45, 2.75) is 24.2 Å². The number of thioether (sulfide) groups is 1. The van der Waals surface area contributed by atoms with Crippen LogP contribution in [0, 0.1) is 5.82 Å². The number of aryl methyl sites for hydroxylation is 1. The second-order valence-electron chi connectivity index (χ2n) is 6.63. The SMILES string of the molecule is Cn1cnnc1Sc1ccc(Sc2ccc(F)cc2)c(C(=O)Nc2ccc(SCC(=O)O)s2)n1. The van der Waals surface area contributed by atoms with Gasteiger partial charge in [-0.25, -0.2) is 9.37 Å². The van der Waals surface area contributed by atoms with Gasteiger partial charge in [0.15, 0.2) is 5.16 Å². The molecule has 0 fully saturated rings. The van der Waals surface area contributed by atoms with Crippen LogP contribution in [0.5, 0.6) is 0 Å². The number of carbonyl (C=O) groups is 2. The average Bonchev–Trinajstić information content (AvgIpc) is 3.43. The summed E-state index contributed by atoms with van der Waals surface area (Å²) in [7, 11) is 1.81. The minimum Gasteiger partial charge on any atom is -0.481 e. The van der Waals surface area contributed by atoms with Gasteiger partial charge in [-0.2, -0.15) is 0 Å². The maximum absolute atomic E-state index is 13.3. The highest BCUT2D eigenvalue weighted by molar-refractivity contribution is 8.01. The van der Waals surface area contributed by atoms with Crippen LogP contribution in [0.4, 0.5) is 9.39 Å². The number of nitrogens with zero attached hydrogens (tertiary/aromatic N) is 4. The third-order valence-corrected chi connectivity index (χ3v) is 8.37. The summed E-state index contributed by atoms with van der Waals surface area (Å²) in [6.07, 6.45) is 1.57. The highest BCUT2D eigenvalue weighted by Gasteiger charge is 2.18. The lowest BCUT2D eigenvalue weighted by molar-refractivity contribution is -0.133. The zero-order valence-electron chi connectivity index (χ0n) is 17.5. The van der Waals surface area contributed by atoms with Crippen molar-refractivity contribution in [3.05, 3.63) is 66.4 Å². The lowest BCUT2D eigenvalue weighted by atomic mass is 10.3. The number of benzene rings is 1. The molecule has 0 aliphatic carbocycles. The number of thiophene rings is 1. The summed E-state index contributed by atoms with van der Waals surface area (Å²) in [5, 5.41) is 21.3. The molecule has 0 saturated carbocycles. The van der Waals surface area contributed by atoms with Crippen molar-refractivity contribution < 1.29 is 19.1 Å². The first-order valence-electron chi connectivity index (χ1n) is 9.59. The first-order chi connectivity index (χ1) is 16.4. The second kappa shape index (κ2) is 11.0. The molecule has 0 saturated heterocycles. The lowest BCUT2D eigenvalue weighted by Crippen LogP contribution is -2.14. The molecule has 13 heteroatoms. The van der Waals surface area contributed by atoms with Gasteiger partial charge in [-0.05, 0) is 60.3 Å². The molecule has 1 aromatic carbocycles. The highest BCUT2D eigenvalue weighted by Crippen LogP contribution is 2.35. The van der Waals surface area contributed by atoms with Crippen LogP contribution in [0.25, 0.3) is 0 Å². The fourth-order valence-corrected chi connectivity index (χ4v) is 5.97. The first-order valence-corrected chi connectivity index (χ1v) is 13.0. The number of pyridine rings is 1. The molecule has 0 aliphatic heterocycles. The van der Waals surface area contributed by atoms with Crippen LogP contribution < -0.4 is 5.32 Å². The predicted octanol–water partition coefficient (Wildman–Crippen LogP) is 5.14. The topological polar surface area (TPSA) is 110 Å². The van der Waals surface area contributed by atoms with Crippen molar-refractivity contribution in [1.29, 1.82) is 0 Å². The number of carboxylic acids is 1. The number of carbonyl (C=O) groups excluding carboxylic acids is 1. The van der Waals surface area contributed by atoms with Crippen LogP contribution in [0.1, 0.15) is 10.5 Å². The van der Waals surface area contributed by atoms with Crippen molar-refractivity contribution in [2.75, 3.05) is 11.1 Å². The molecule has 4 rings (SSSR count). The molecule has 0 atom stereocenters. The molecule has 174 valence electrons. The standard InChI is InChI=1S/C21H16FN5O3S4/c1-27-11-23-26-21(27)34-15-7-6-14(32-13-4-2-12(22)3-5-13)19(24-15)20(30)25-16-8-9-18(33-16)31-10-17(28)29/h2-9,11H,10H2,1H3,(H,25,30)(H,28,29). The molecule has 4 aromatic rings. The van der Waals surface area contributed by atoms with Gasteiger partial charge in [-0.3, -0.25) is 9.59 Å². The molecule has 0 spiro atoms. The summed E-state index contributed by atoms with van der Waals surface area (Å²) in [6.45, 7) is 0. The predicted molar refractivity (Wildman–Crippen MR) is 131 cm³/mol. The van der Waals surface area contributed by atoms with E-state index in [1.54, 1.807) is 47.3 Å². The zero-order valence-corrected chi connectivity index (χ0v) is 20.7. The van der Waals surface area contributed by atoms with Gasteiger partial charge in [-0.15, -0.1) is 33.3 Å². The number of amides is 1. The molecule has 0 aliphatic rings. The molecule has 2 N–H and O–H groups in total. The molecule has 1 amide bonds. The number of nitrogens with one attached hydrogen (secondary N) is 1. The van der Waals surface area contributed by atoms with E-state index in [0.717, 1.165) is 9.10 Å². The van der Waals surface area contributed by atoms with Gasteiger partial charge < -0.3 is 15.0 Å². The Kier molecular flexibility index (Phi) is 7.88. The summed E-state index contributed by atoms with van der Waals surface area (Å²) < 4.78 is 15.8. The van der Waals surface area contributed by atoms with Gasteiger partial charge >= 0.3 is 5.97 Å². The van der Waals surface area contributed by atoms with Crippen molar-refractivity contribution in [1.82, 2.24) is 19.7 Å². The van der Waals surface area contributed by atoms with E-state index in [1.807, 2.05) is 7.05 Å². The number of rotatable bonds is 9. The van der Waals surface area contributed by atoms with Gasteiger partial charge in [0.05, 0.1) is 15.0 Å². The number of carboxylic acid groups (broad SMARTS) is 1. The Bertz CT molecular complexity index is 1330. The van der Waals surface area contributed by atoms with Gasteiger partial charge in [0.25, 0.3) is 5.91 Å². The van der Waals surface area contributed by atoms with E-state index >= 15 is 0 Å². The van der Waals surface area contributed by atoms with E-state index in [1.165, 1.54) is 58.8 Å². The maximum Gasteiger partial charge on any atom is 0.313 e. The summed E-state index contributed by atoms with van der Waals surface area (Å²) in [5.74, 6) is -1.73. The van der Waals surface area contributed by atoms with Crippen LogP contribution in [-0.4, -0.2) is 42.5 Å². The van der Waals surface area contributed by atoms with Gasteiger partial charge in [0.1, 0.15) is 22.9 Å². The molecular weight excluding hydrogens is 518 g/mol. The lowest BCUT2D eigenvalue weighted by Gasteiger charge is -2.10. The third kappa shape index (κ3) is 6.38. The number of aliphatic carboxylic acids is 1. The van der Waals surface area contributed by atoms with Gasteiger partial charge in [0, 0.05) is 16.8 Å². The Morgan fingerprint density at radius 3 is 2.62 bits per heavy atom. The Morgan fingerprint density at radius 2 is 1.91 bits per heavy atom. The van der Waals surface area contributed by atoms with Crippen LogP contribution >= 0.6 is 46.6 Å². The number of aromatic nitrogens is 4. The van der Waals surface area contributed by atoms with Gasteiger partial charge in [-0.1, -0.05) is 11.8 Å². The summed E-state index contributed by atoms with van der Waals surface area (Å²) in [5.41, 5.74) is 0.203. The molecule has 34 heavy (non-hydrogen) atoms. The van der Waals surface area contributed by atoms with Crippen LogP contribution in [-0.2, 0) is 11.8 Å². The van der Waals surface area contributed by atoms with Gasteiger partial charge in [0.2, 0.25) is 0 Å². The number of hydrogen-bond acceptors (Lipinski definition) is 9. The third-order valence-electron chi connectivity index (χ3n) is 4.11. The highest BCUT2D eigenvalue weighted by atomic mass is 32.2. The molecule has 8 nitrogen and oxygen atoms in total. The van der Waals surface area contributed by atoms with E-state index in [2.05, 4.69) is 20.5 Å². The molecule has 3 heterocycles. The average molecular weight is 534 g/mol. The molecule has 0 unspecified atom stereocenters. The minimum absolute atomic E-state index is 0.0603. The van der Waals surface area contributed by atoms with Crippen molar-refractivity contribution in [3.63, 3.8) is 0 Å². The Labute approximate surface area is 210 Å². The van der Waals surface area contributed by atoms with E-state index in [0.29, 0.717) is 20.1 Å². The normalized spacial score (nSPS) is 10.9.